The molecule has 31 heavy (non-hydrogen) atoms. The molecular formula is C26H20BrNO3. The summed E-state index contributed by atoms with van der Waals surface area (Å²) in [5.41, 5.74) is 4.15. The van der Waals surface area contributed by atoms with Crippen molar-refractivity contribution in [3.8, 4) is 11.3 Å². The van der Waals surface area contributed by atoms with Gasteiger partial charge in [0.25, 0.3) is 0 Å². The van der Waals surface area contributed by atoms with Crippen molar-refractivity contribution in [2.75, 3.05) is 0 Å². The second-order valence-electron chi connectivity index (χ2n) is 7.36. The van der Waals surface area contributed by atoms with Crippen molar-refractivity contribution < 1.29 is 14.3 Å². The molecule has 0 fully saturated rings. The Hall–Kier alpha value is -3.31. The molecule has 0 aliphatic rings. The van der Waals surface area contributed by atoms with Gasteiger partial charge in [-0.1, -0.05) is 70.0 Å². The van der Waals surface area contributed by atoms with E-state index in [2.05, 4.69) is 15.9 Å². The Labute approximate surface area is 189 Å². The zero-order chi connectivity index (χ0) is 22.0. The lowest BCUT2D eigenvalue weighted by atomic mass is 10.0. The number of benzene rings is 3. The third-order valence-corrected chi connectivity index (χ3v) is 5.56. The smallest absolute Gasteiger partial charge is 0.339 e. The number of aryl methyl sites for hydroxylation is 1. The van der Waals surface area contributed by atoms with Gasteiger partial charge in [-0.25, -0.2) is 9.78 Å². The van der Waals surface area contributed by atoms with Crippen molar-refractivity contribution in [3.63, 3.8) is 0 Å². The Kier molecular flexibility index (Phi) is 5.96. The summed E-state index contributed by atoms with van der Waals surface area (Å²) in [6, 6.07) is 24.0. The predicted molar refractivity (Wildman–Crippen MR) is 125 cm³/mol. The van der Waals surface area contributed by atoms with Crippen LogP contribution < -0.4 is 0 Å². The van der Waals surface area contributed by atoms with Crippen molar-refractivity contribution in [2.24, 2.45) is 0 Å². The van der Waals surface area contributed by atoms with E-state index in [1.165, 1.54) is 0 Å². The van der Waals surface area contributed by atoms with E-state index >= 15 is 0 Å². The van der Waals surface area contributed by atoms with E-state index in [1.807, 2.05) is 55.5 Å². The van der Waals surface area contributed by atoms with Crippen LogP contribution in [0.5, 0.6) is 0 Å². The standard InChI is InChI=1S/C26H20BrNO3/c1-16-8-13-23-21(14-16)22(15-24(28-23)18-9-11-20(27)12-10-18)26(30)31-17(2)25(29)19-6-4-3-5-7-19/h3-15,17H,1-2H3/t17-/m1/s1. The number of nitrogens with zero attached hydrogens (tertiary/aromatic N) is 1. The predicted octanol–water partition coefficient (Wildman–Crippen LogP) is 6.40. The quantitative estimate of drug-likeness (QED) is 0.248. The van der Waals surface area contributed by atoms with Gasteiger partial charge in [0.15, 0.2) is 6.10 Å². The first-order valence-electron chi connectivity index (χ1n) is 9.90. The number of hydrogen-bond donors (Lipinski definition) is 0. The summed E-state index contributed by atoms with van der Waals surface area (Å²) < 4.78 is 6.55. The number of aromatic nitrogens is 1. The molecule has 1 heterocycles. The van der Waals surface area contributed by atoms with Crippen LogP contribution in [0, 0.1) is 6.92 Å². The van der Waals surface area contributed by atoms with Crippen LogP contribution in [-0.2, 0) is 4.74 Å². The molecule has 0 saturated carbocycles. The van der Waals surface area contributed by atoms with Crippen LogP contribution in [0.1, 0.15) is 33.2 Å². The molecule has 0 aliphatic heterocycles. The van der Waals surface area contributed by atoms with E-state index in [0.717, 1.165) is 15.6 Å². The highest BCUT2D eigenvalue weighted by Crippen LogP contribution is 2.27. The van der Waals surface area contributed by atoms with E-state index < -0.39 is 12.1 Å². The van der Waals surface area contributed by atoms with E-state index in [9.17, 15) is 9.59 Å². The van der Waals surface area contributed by atoms with Gasteiger partial charge >= 0.3 is 5.97 Å². The van der Waals surface area contributed by atoms with Gasteiger partial charge in [-0.15, -0.1) is 0 Å². The fraction of sp³-hybridized carbons (Fsp3) is 0.115. The molecular weight excluding hydrogens is 454 g/mol. The average Bonchev–Trinajstić information content (AvgIpc) is 2.78. The molecule has 3 aromatic carbocycles. The van der Waals surface area contributed by atoms with Gasteiger partial charge in [0, 0.05) is 21.0 Å². The number of pyridine rings is 1. The van der Waals surface area contributed by atoms with E-state index in [0.29, 0.717) is 27.7 Å². The van der Waals surface area contributed by atoms with E-state index in [4.69, 9.17) is 9.72 Å². The van der Waals surface area contributed by atoms with Crippen LogP contribution in [0.2, 0.25) is 0 Å². The molecule has 154 valence electrons. The van der Waals surface area contributed by atoms with Gasteiger partial charge in [-0.2, -0.15) is 0 Å². The van der Waals surface area contributed by atoms with Crippen molar-refractivity contribution >= 4 is 38.6 Å². The molecule has 4 nitrogen and oxygen atoms in total. The lowest BCUT2D eigenvalue weighted by Crippen LogP contribution is -2.24. The number of halogens is 1. The maximum absolute atomic E-state index is 13.1. The summed E-state index contributed by atoms with van der Waals surface area (Å²) in [6.07, 6.45) is -0.904. The largest absolute Gasteiger partial charge is 0.451 e. The number of fused-ring (bicyclic) bond motifs is 1. The van der Waals surface area contributed by atoms with Crippen molar-refractivity contribution in [1.29, 1.82) is 0 Å². The molecule has 0 saturated heterocycles. The number of ketones is 1. The molecule has 0 amide bonds. The molecule has 0 aliphatic carbocycles. The lowest BCUT2D eigenvalue weighted by molar-refractivity contribution is 0.0320. The number of carbonyl (C=O) groups excluding carboxylic acids is 2. The minimum atomic E-state index is -0.904. The molecule has 0 spiro atoms. The summed E-state index contributed by atoms with van der Waals surface area (Å²) >= 11 is 3.44. The first kappa shape index (κ1) is 20.9. The first-order valence-corrected chi connectivity index (χ1v) is 10.7. The van der Waals surface area contributed by atoms with Crippen LogP contribution in [0.4, 0.5) is 0 Å². The Bertz CT molecular complexity index is 1270. The molecule has 4 aromatic rings. The second-order valence-corrected chi connectivity index (χ2v) is 8.28. The number of rotatable bonds is 5. The topological polar surface area (TPSA) is 56.3 Å². The molecule has 0 bridgehead atoms. The molecule has 0 radical (unpaired) electrons. The molecule has 4 rings (SSSR count). The Morgan fingerprint density at radius 2 is 1.65 bits per heavy atom. The van der Waals surface area contributed by atoms with Gasteiger partial charge < -0.3 is 4.74 Å². The first-order chi connectivity index (χ1) is 14.9. The van der Waals surface area contributed by atoms with Gasteiger partial charge in [0.2, 0.25) is 5.78 Å². The maximum atomic E-state index is 13.1. The highest BCUT2D eigenvalue weighted by Gasteiger charge is 2.22. The number of Topliss-reactive ketones (excluding diaryl/α,β-unsaturated/α-hetero) is 1. The third kappa shape index (κ3) is 4.57. The Morgan fingerprint density at radius 1 is 0.935 bits per heavy atom. The number of hydrogen-bond acceptors (Lipinski definition) is 4. The molecule has 0 unspecified atom stereocenters. The van der Waals surface area contributed by atoms with Gasteiger partial charge in [0.1, 0.15) is 0 Å². The van der Waals surface area contributed by atoms with Crippen molar-refractivity contribution in [3.05, 3.63) is 100 Å². The fourth-order valence-corrected chi connectivity index (χ4v) is 3.66. The highest BCUT2D eigenvalue weighted by atomic mass is 79.9. The second kappa shape index (κ2) is 8.82. The van der Waals surface area contributed by atoms with Crippen LogP contribution in [0.25, 0.3) is 22.2 Å². The fourth-order valence-electron chi connectivity index (χ4n) is 3.39. The summed E-state index contributed by atoms with van der Waals surface area (Å²) in [6.45, 7) is 3.55. The zero-order valence-electron chi connectivity index (χ0n) is 17.1. The molecule has 1 atom stereocenters. The summed E-state index contributed by atoms with van der Waals surface area (Å²) in [5.74, 6) is -0.787. The molecule has 0 N–H and O–H groups in total. The van der Waals surface area contributed by atoms with Crippen molar-refractivity contribution in [1.82, 2.24) is 4.98 Å². The highest BCUT2D eigenvalue weighted by molar-refractivity contribution is 9.10. The van der Waals surface area contributed by atoms with E-state index in [-0.39, 0.29) is 5.78 Å². The van der Waals surface area contributed by atoms with Crippen LogP contribution in [0.15, 0.2) is 83.3 Å². The monoisotopic (exact) mass is 473 g/mol. The van der Waals surface area contributed by atoms with E-state index in [1.54, 1.807) is 37.3 Å². The summed E-state index contributed by atoms with van der Waals surface area (Å²) in [7, 11) is 0. The normalized spacial score (nSPS) is 11.8. The lowest BCUT2D eigenvalue weighted by Gasteiger charge is -2.15. The SMILES string of the molecule is Cc1ccc2nc(-c3ccc(Br)cc3)cc(C(=O)O[C@H](C)C(=O)c3ccccc3)c2c1. The molecule has 5 heteroatoms. The minimum Gasteiger partial charge on any atom is -0.451 e. The average molecular weight is 474 g/mol. The number of ether oxygens (including phenoxy) is 1. The van der Waals surface area contributed by atoms with Gasteiger partial charge in [-0.3, -0.25) is 4.79 Å². The minimum absolute atomic E-state index is 0.239. The van der Waals surface area contributed by atoms with Crippen LogP contribution >= 0.6 is 15.9 Å². The van der Waals surface area contributed by atoms with Gasteiger partial charge in [0.05, 0.1) is 16.8 Å². The van der Waals surface area contributed by atoms with Crippen molar-refractivity contribution in [2.45, 2.75) is 20.0 Å². The maximum Gasteiger partial charge on any atom is 0.339 e. The third-order valence-electron chi connectivity index (χ3n) is 5.04. The molecule has 1 aromatic heterocycles. The number of esters is 1. The van der Waals surface area contributed by atoms with Crippen LogP contribution in [0.3, 0.4) is 0 Å². The summed E-state index contributed by atoms with van der Waals surface area (Å²) in [5, 5.41) is 0.699. The Balaban J connectivity index is 1.72. The number of carbonyl (C=O) groups is 2. The summed E-state index contributed by atoms with van der Waals surface area (Å²) in [4.78, 5) is 30.5. The van der Waals surface area contributed by atoms with Gasteiger partial charge in [-0.05, 0) is 44.2 Å². The Morgan fingerprint density at radius 3 is 2.35 bits per heavy atom. The zero-order valence-corrected chi connectivity index (χ0v) is 18.7. The van der Waals surface area contributed by atoms with Crippen LogP contribution in [-0.4, -0.2) is 22.8 Å².